The quantitative estimate of drug-likeness (QED) is 0.751. The summed E-state index contributed by atoms with van der Waals surface area (Å²) in [7, 11) is 1.16. The van der Waals surface area contributed by atoms with Crippen molar-refractivity contribution < 1.29 is 8.95 Å². The summed E-state index contributed by atoms with van der Waals surface area (Å²) in [4.78, 5) is 0. The van der Waals surface area contributed by atoms with Crippen LogP contribution in [0.15, 0.2) is 0 Å². The normalized spacial score (nSPS) is 28.9. The van der Waals surface area contributed by atoms with Crippen LogP contribution in [0, 0.1) is 0 Å². The molecule has 0 aromatic heterocycles. The molecule has 90 valence electrons. The van der Waals surface area contributed by atoms with Gasteiger partial charge in [-0.05, 0) is 25.7 Å². The van der Waals surface area contributed by atoms with Gasteiger partial charge in [-0.1, -0.05) is 6.92 Å². The number of methoxy groups -OCH3 is 1. The number of nitrogens with one attached hydrogen (secondary N) is 1. The molecule has 0 bridgehead atoms. The van der Waals surface area contributed by atoms with Crippen molar-refractivity contribution in [3.05, 3.63) is 0 Å². The van der Waals surface area contributed by atoms with Gasteiger partial charge in [-0.2, -0.15) is 0 Å². The molecule has 15 heavy (non-hydrogen) atoms. The maximum absolute atomic E-state index is 11.2. The first kappa shape index (κ1) is 13.1. The predicted molar refractivity (Wildman–Crippen MR) is 64.6 cm³/mol. The lowest BCUT2D eigenvalue weighted by Gasteiger charge is -2.28. The SMILES string of the molecule is CCS(=O)CCNC1CCCC(OC)C1. The maximum Gasteiger partial charge on any atom is 0.0586 e. The Morgan fingerprint density at radius 3 is 2.93 bits per heavy atom. The fourth-order valence-corrected chi connectivity index (χ4v) is 2.70. The van der Waals surface area contributed by atoms with Crippen LogP contribution >= 0.6 is 0 Å². The standard InChI is InChI=1S/C11H23NO2S/c1-3-15(13)8-7-12-10-5-4-6-11(9-10)14-2/h10-12H,3-9H2,1-2H3. The number of hydrogen-bond donors (Lipinski definition) is 1. The summed E-state index contributed by atoms with van der Waals surface area (Å²) in [5.74, 6) is 1.55. The third kappa shape index (κ3) is 5.09. The Balaban J connectivity index is 2.12. The van der Waals surface area contributed by atoms with Crippen LogP contribution in [0.25, 0.3) is 0 Å². The lowest BCUT2D eigenvalue weighted by molar-refractivity contribution is 0.0592. The molecule has 1 aliphatic carbocycles. The number of hydrogen-bond acceptors (Lipinski definition) is 3. The molecule has 0 heterocycles. The average Bonchev–Trinajstić information content (AvgIpc) is 2.29. The molecule has 4 heteroatoms. The molecule has 0 spiro atoms. The minimum Gasteiger partial charge on any atom is -0.381 e. The zero-order valence-corrected chi connectivity index (χ0v) is 10.6. The van der Waals surface area contributed by atoms with Gasteiger partial charge >= 0.3 is 0 Å². The molecule has 3 nitrogen and oxygen atoms in total. The van der Waals surface area contributed by atoms with Gasteiger partial charge in [0.05, 0.1) is 6.10 Å². The summed E-state index contributed by atoms with van der Waals surface area (Å²) in [6.07, 6.45) is 5.20. The zero-order chi connectivity index (χ0) is 11.1. The van der Waals surface area contributed by atoms with Gasteiger partial charge in [0.1, 0.15) is 0 Å². The van der Waals surface area contributed by atoms with E-state index in [0.29, 0.717) is 12.1 Å². The largest absolute Gasteiger partial charge is 0.381 e. The third-order valence-electron chi connectivity index (χ3n) is 3.04. The summed E-state index contributed by atoms with van der Waals surface area (Å²) in [6, 6.07) is 0.567. The molecule has 1 aliphatic rings. The molecule has 0 radical (unpaired) electrons. The van der Waals surface area contributed by atoms with Crippen molar-refractivity contribution in [1.29, 1.82) is 0 Å². The Hall–Kier alpha value is 0.0700. The van der Waals surface area contributed by atoms with E-state index in [1.165, 1.54) is 19.3 Å². The Labute approximate surface area is 95.4 Å². The second kappa shape index (κ2) is 7.36. The van der Waals surface area contributed by atoms with Gasteiger partial charge in [-0.25, -0.2) is 0 Å². The summed E-state index contributed by atoms with van der Waals surface area (Å²) < 4.78 is 16.6. The zero-order valence-electron chi connectivity index (χ0n) is 9.83. The molecule has 1 fully saturated rings. The molecule has 1 rings (SSSR count). The molecular weight excluding hydrogens is 210 g/mol. The molecule has 1 N–H and O–H groups in total. The maximum atomic E-state index is 11.2. The molecule has 0 aliphatic heterocycles. The lowest BCUT2D eigenvalue weighted by Crippen LogP contribution is -2.38. The van der Waals surface area contributed by atoms with Crippen molar-refractivity contribution in [2.45, 2.75) is 44.8 Å². The Bertz CT molecular complexity index is 199. The van der Waals surface area contributed by atoms with E-state index in [-0.39, 0.29) is 0 Å². The summed E-state index contributed by atoms with van der Waals surface area (Å²) in [6.45, 7) is 2.85. The highest BCUT2D eigenvalue weighted by atomic mass is 32.2. The van der Waals surface area contributed by atoms with E-state index < -0.39 is 10.8 Å². The smallest absolute Gasteiger partial charge is 0.0586 e. The van der Waals surface area contributed by atoms with E-state index in [0.717, 1.165) is 24.5 Å². The average molecular weight is 233 g/mol. The van der Waals surface area contributed by atoms with Crippen molar-refractivity contribution >= 4 is 10.8 Å². The molecular formula is C11H23NO2S. The Morgan fingerprint density at radius 1 is 1.47 bits per heavy atom. The van der Waals surface area contributed by atoms with Gasteiger partial charge < -0.3 is 10.1 Å². The molecule has 0 aromatic rings. The first-order chi connectivity index (χ1) is 7.26. The van der Waals surface area contributed by atoms with Crippen molar-refractivity contribution in [2.75, 3.05) is 25.2 Å². The monoisotopic (exact) mass is 233 g/mol. The van der Waals surface area contributed by atoms with Gasteiger partial charge in [-0.15, -0.1) is 0 Å². The van der Waals surface area contributed by atoms with Crippen LogP contribution in [0.2, 0.25) is 0 Å². The van der Waals surface area contributed by atoms with Crippen LogP contribution in [0.3, 0.4) is 0 Å². The van der Waals surface area contributed by atoms with Gasteiger partial charge in [0.25, 0.3) is 0 Å². The predicted octanol–water partition coefficient (Wildman–Crippen LogP) is 1.30. The van der Waals surface area contributed by atoms with Crippen LogP contribution in [-0.2, 0) is 15.5 Å². The second-order valence-electron chi connectivity index (χ2n) is 4.11. The number of ether oxygens (including phenoxy) is 1. The summed E-state index contributed by atoms with van der Waals surface area (Å²) in [5.41, 5.74) is 0. The van der Waals surface area contributed by atoms with Crippen LogP contribution < -0.4 is 5.32 Å². The fourth-order valence-electron chi connectivity index (χ4n) is 2.07. The van der Waals surface area contributed by atoms with Gasteiger partial charge in [0.2, 0.25) is 0 Å². The molecule has 1 saturated carbocycles. The Morgan fingerprint density at radius 2 is 2.27 bits per heavy atom. The first-order valence-electron chi connectivity index (χ1n) is 5.87. The van der Waals surface area contributed by atoms with E-state index in [4.69, 9.17) is 4.74 Å². The van der Waals surface area contributed by atoms with Crippen LogP contribution in [0.5, 0.6) is 0 Å². The molecule has 3 atom stereocenters. The highest BCUT2D eigenvalue weighted by Crippen LogP contribution is 2.20. The first-order valence-corrected chi connectivity index (χ1v) is 7.36. The van der Waals surface area contributed by atoms with Crippen molar-refractivity contribution in [3.8, 4) is 0 Å². The van der Waals surface area contributed by atoms with Crippen LogP contribution in [0.4, 0.5) is 0 Å². The van der Waals surface area contributed by atoms with E-state index in [1.54, 1.807) is 7.11 Å². The highest BCUT2D eigenvalue weighted by Gasteiger charge is 2.20. The van der Waals surface area contributed by atoms with Gasteiger partial charge in [0.15, 0.2) is 0 Å². The molecule has 0 aromatic carbocycles. The number of rotatable bonds is 6. The van der Waals surface area contributed by atoms with E-state index in [2.05, 4.69) is 5.32 Å². The van der Waals surface area contributed by atoms with Crippen LogP contribution in [0.1, 0.15) is 32.6 Å². The summed E-state index contributed by atoms with van der Waals surface area (Å²) in [5, 5.41) is 3.48. The lowest BCUT2D eigenvalue weighted by atomic mass is 9.93. The van der Waals surface area contributed by atoms with Crippen molar-refractivity contribution in [2.24, 2.45) is 0 Å². The molecule has 0 amide bonds. The minimum atomic E-state index is -0.636. The van der Waals surface area contributed by atoms with E-state index >= 15 is 0 Å². The topological polar surface area (TPSA) is 38.3 Å². The fraction of sp³-hybridized carbons (Fsp3) is 1.00. The van der Waals surface area contributed by atoms with E-state index in [9.17, 15) is 4.21 Å². The van der Waals surface area contributed by atoms with Crippen molar-refractivity contribution in [3.63, 3.8) is 0 Å². The molecule has 0 saturated heterocycles. The van der Waals surface area contributed by atoms with Crippen molar-refractivity contribution in [1.82, 2.24) is 5.32 Å². The molecule has 3 unspecified atom stereocenters. The summed E-state index contributed by atoms with van der Waals surface area (Å²) >= 11 is 0. The Kier molecular flexibility index (Phi) is 6.45. The van der Waals surface area contributed by atoms with Gasteiger partial charge in [-0.3, -0.25) is 4.21 Å². The van der Waals surface area contributed by atoms with Gasteiger partial charge in [0, 0.05) is 42.0 Å². The minimum absolute atomic E-state index is 0.424. The van der Waals surface area contributed by atoms with Crippen LogP contribution in [-0.4, -0.2) is 41.5 Å². The highest BCUT2D eigenvalue weighted by molar-refractivity contribution is 7.84. The van der Waals surface area contributed by atoms with E-state index in [1.807, 2.05) is 6.92 Å². The third-order valence-corrected chi connectivity index (χ3v) is 4.35. The second-order valence-corrected chi connectivity index (χ2v) is 5.97.